The number of rotatable bonds is 2. The number of benzene rings is 2. The van der Waals surface area contributed by atoms with Gasteiger partial charge in [-0.1, -0.05) is 30.3 Å². The molecule has 3 rings (SSSR count). The summed E-state index contributed by atoms with van der Waals surface area (Å²) in [7, 11) is 2.00. The van der Waals surface area contributed by atoms with E-state index in [2.05, 4.69) is 26.5 Å². The molecule has 6 nitrogen and oxygen atoms in total. The predicted octanol–water partition coefficient (Wildman–Crippen LogP) is 1.62. The first-order chi connectivity index (χ1) is 10.9. The van der Waals surface area contributed by atoms with E-state index in [1.165, 1.54) is 0 Å². The van der Waals surface area contributed by atoms with Crippen LogP contribution in [0.3, 0.4) is 0 Å². The van der Waals surface area contributed by atoms with Crippen molar-refractivity contribution in [3.05, 3.63) is 60.7 Å². The Morgan fingerprint density at radius 2 is 1.22 bits per heavy atom. The molecule has 0 amide bonds. The molecule has 0 spiro atoms. The Bertz CT molecular complexity index is 579. The van der Waals surface area contributed by atoms with Crippen LogP contribution in [0.5, 0.6) is 0 Å². The van der Waals surface area contributed by atoms with Gasteiger partial charge in [-0.25, -0.2) is 0 Å². The zero-order valence-corrected chi connectivity index (χ0v) is 15.1. The molecule has 1 heterocycles. The van der Waals surface area contributed by atoms with Crippen molar-refractivity contribution in [1.82, 2.24) is 20.4 Å². The van der Waals surface area contributed by atoms with Crippen LogP contribution in [0.1, 0.15) is 0 Å². The number of hydrogen-bond acceptors (Lipinski definition) is 6. The summed E-state index contributed by atoms with van der Waals surface area (Å²) in [4.78, 5) is 0. The Labute approximate surface area is 148 Å². The second kappa shape index (κ2) is 12.5. The molecule has 123 valence electrons. The summed E-state index contributed by atoms with van der Waals surface area (Å²) in [5, 5.41) is 30.3. The monoisotopic (exact) mass is 490 g/mol. The van der Waals surface area contributed by atoms with E-state index in [-0.39, 0.29) is 20.1 Å². The van der Waals surface area contributed by atoms with Crippen LogP contribution in [0.15, 0.2) is 54.6 Å². The fourth-order valence-corrected chi connectivity index (χ4v) is 1.57. The summed E-state index contributed by atoms with van der Waals surface area (Å²) >= 11 is 0. The molecule has 23 heavy (non-hydrogen) atoms. The topological polar surface area (TPSA) is 92.0 Å². The summed E-state index contributed by atoms with van der Waals surface area (Å²) in [5.41, 5.74) is 1.69. The summed E-state index contributed by atoms with van der Waals surface area (Å²) in [6.07, 6.45) is 0. The summed E-state index contributed by atoms with van der Waals surface area (Å²) in [6, 6.07) is 20.2. The predicted molar refractivity (Wildman–Crippen MR) is 83.6 cm³/mol. The van der Waals surface area contributed by atoms with Crippen molar-refractivity contribution in [2.24, 2.45) is 0 Å². The number of aromatic nitrogens is 4. The van der Waals surface area contributed by atoms with E-state index in [1.54, 1.807) is 0 Å². The van der Waals surface area contributed by atoms with Gasteiger partial charge in [0.25, 0.3) is 0 Å². The second-order valence-corrected chi connectivity index (χ2v) is 3.69. The van der Waals surface area contributed by atoms with Gasteiger partial charge in [0, 0.05) is 39.9 Å². The summed E-state index contributed by atoms with van der Waals surface area (Å²) < 4.78 is 0. The number of aliphatic hydroxyl groups is 2. The largest absolute Gasteiger partial charge is 0.400 e. The molecule has 7 heteroatoms. The summed E-state index contributed by atoms with van der Waals surface area (Å²) in [5.74, 6) is 1.01. The second-order valence-electron chi connectivity index (χ2n) is 3.69. The smallest absolute Gasteiger partial charge is 0.201 e. The average molecular weight is 490 g/mol. The fourth-order valence-electron chi connectivity index (χ4n) is 1.57. The molecule has 2 N–H and O–H groups in total. The van der Waals surface area contributed by atoms with Gasteiger partial charge in [-0.15, -0.1) is 46.1 Å². The molecule has 1 aromatic heterocycles. The molecule has 0 atom stereocenters. The van der Waals surface area contributed by atoms with E-state index in [0.717, 1.165) is 25.3 Å². The van der Waals surface area contributed by atoms with Gasteiger partial charge in [-0.05, 0) is 0 Å². The van der Waals surface area contributed by atoms with Gasteiger partial charge < -0.3 is 10.2 Å². The first-order valence-corrected chi connectivity index (χ1v) is 6.43. The van der Waals surface area contributed by atoms with Gasteiger partial charge in [-0.2, -0.15) is 10.2 Å². The van der Waals surface area contributed by atoms with Gasteiger partial charge >= 0.3 is 0 Å². The van der Waals surface area contributed by atoms with Gasteiger partial charge in [0.2, 0.25) is 5.82 Å². The average Bonchev–Trinajstić information content (AvgIpc) is 2.67. The summed E-state index contributed by atoms with van der Waals surface area (Å²) in [6.45, 7) is 0. The van der Waals surface area contributed by atoms with Crippen molar-refractivity contribution in [2.45, 2.75) is 0 Å². The first kappa shape index (κ1) is 20.9. The zero-order chi connectivity index (χ0) is 16.2. The molecule has 3 aromatic rings. The normalized spacial score (nSPS) is 8.52. The SMILES string of the molecule is CO.CO.[Ir].[c-]1ccccc1-c1nnc(-c2ccccc2)nn1. The molecule has 0 unspecified atom stereocenters. The Kier molecular flexibility index (Phi) is 11.4. The van der Waals surface area contributed by atoms with Crippen LogP contribution in [0, 0.1) is 6.07 Å². The molecule has 0 bridgehead atoms. The van der Waals surface area contributed by atoms with E-state index in [9.17, 15) is 0 Å². The van der Waals surface area contributed by atoms with Crippen molar-refractivity contribution < 1.29 is 30.3 Å². The minimum Gasteiger partial charge on any atom is -0.400 e. The van der Waals surface area contributed by atoms with Crippen molar-refractivity contribution >= 4 is 0 Å². The van der Waals surface area contributed by atoms with Crippen LogP contribution < -0.4 is 0 Å². The van der Waals surface area contributed by atoms with Crippen LogP contribution in [-0.2, 0) is 20.1 Å². The molecule has 2 aromatic carbocycles. The van der Waals surface area contributed by atoms with E-state index in [4.69, 9.17) is 10.2 Å². The van der Waals surface area contributed by atoms with Gasteiger partial charge in [-0.3, -0.25) is 0 Å². The van der Waals surface area contributed by atoms with Gasteiger partial charge in [0.1, 0.15) is 5.82 Å². The molecule has 1 radical (unpaired) electrons. The van der Waals surface area contributed by atoms with E-state index in [1.807, 2.05) is 54.6 Å². The Morgan fingerprint density at radius 3 is 1.74 bits per heavy atom. The molecule has 0 fully saturated rings. The van der Waals surface area contributed by atoms with Crippen molar-refractivity contribution in [1.29, 1.82) is 0 Å². The van der Waals surface area contributed by atoms with Crippen molar-refractivity contribution in [2.75, 3.05) is 14.2 Å². The van der Waals surface area contributed by atoms with Crippen molar-refractivity contribution in [3.63, 3.8) is 0 Å². The van der Waals surface area contributed by atoms with E-state index >= 15 is 0 Å². The molecule has 0 aliphatic rings. The number of aliphatic hydroxyl groups excluding tert-OH is 2. The van der Waals surface area contributed by atoms with E-state index < -0.39 is 0 Å². The van der Waals surface area contributed by atoms with Crippen molar-refractivity contribution in [3.8, 4) is 22.8 Å². The zero-order valence-electron chi connectivity index (χ0n) is 12.7. The Morgan fingerprint density at radius 1 is 0.696 bits per heavy atom. The van der Waals surface area contributed by atoms with Crippen LogP contribution >= 0.6 is 0 Å². The number of nitrogens with zero attached hydrogens (tertiary/aromatic N) is 4. The third kappa shape index (κ3) is 6.30. The fraction of sp³-hybridized carbons (Fsp3) is 0.125. The third-order valence-electron chi connectivity index (χ3n) is 2.46. The molecular formula is C16H17IrN4O2-. The maximum absolute atomic E-state index is 7.00. The molecule has 0 saturated heterocycles. The van der Waals surface area contributed by atoms with Crippen LogP contribution in [0.4, 0.5) is 0 Å². The van der Waals surface area contributed by atoms with Crippen LogP contribution in [0.25, 0.3) is 22.8 Å². The quantitative estimate of drug-likeness (QED) is 0.532. The number of hydrogen-bond donors (Lipinski definition) is 2. The van der Waals surface area contributed by atoms with Crippen LogP contribution in [-0.4, -0.2) is 44.8 Å². The Hall–Kier alpha value is -2.05. The maximum Gasteiger partial charge on any atom is 0.201 e. The standard InChI is InChI=1S/C14H9N4.2CH4O.Ir/c1-3-7-11(8-4-1)13-15-17-14(18-16-13)12-9-5-2-6-10-12;2*1-2;/h1-9H;2*2H,1H3;/q-1;;;. The van der Waals surface area contributed by atoms with E-state index in [0.29, 0.717) is 11.6 Å². The minimum atomic E-state index is 0. The third-order valence-corrected chi connectivity index (χ3v) is 2.46. The molecular weight excluding hydrogens is 472 g/mol. The first-order valence-electron chi connectivity index (χ1n) is 6.43. The van der Waals surface area contributed by atoms with Gasteiger partial charge in [0.15, 0.2) is 0 Å². The Balaban J connectivity index is 0.000000901. The molecule has 0 aliphatic carbocycles. The molecule has 0 saturated carbocycles. The van der Waals surface area contributed by atoms with Gasteiger partial charge in [0.05, 0.1) is 0 Å². The molecule has 0 aliphatic heterocycles. The van der Waals surface area contributed by atoms with Crippen LogP contribution in [0.2, 0.25) is 0 Å². The minimum absolute atomic E-state index is 0. The maximum atomic E-state index is 7.00.